The Hall–Kier alpha value is -1.33. The molecule has 0 radical (unpaired) electrons. The summed E-state index contributed by atoms with van der Waals surface area (Å²) in [5.41, 5.74) is 0. The first-order valence-corrected chi connectivity index (χ1v) is 7.85. The molecule has 2 heterocycles. The molecule has 1 aliphatic heterocycles. The maximum atomic E-state index is 11.1. The molecular weight excluding hydrogens is 268 g/mol. The Balaban J connectivity index is 1.85. The number of carbonyl (C=O) groups is 1. The fourth-order valence-corrected chi connectivity index (χ4v) is 2.79. The predicted octanol–water partition coefficient (Wildman–Crippen LogP) is 2.29. The molecule has 1 N–H and O–H groups in total. The van der Waals surface area contributed by atoms with E-state index >= 15 is 0 Å². The van der Waals surface area contributed by atoms with E-state index in [-0.39, 0.29) is 5.92 Å². The molecule has 0 amide bonds. The van der Waals surface area contributed by atoms with E-state index in [2.05, 4.69) is 9.80 Å². The van der Waals surface area contributed by atoms with Crippen molar-refractivity contribution < 1.29 is 14.3 Å². The highest BCUT2D eigenvalue weighted by Gasteiger charge is 2.18. The van der Waals surface area contributed by atoms with E-state index < -0.39 is 5.97 Å². The van der Waals surface area contributed by atoms with Gasteiger partial charge in [-0.1, -0.05) is 13.3 Å². The van der Waals surface area contributed by atoms with Crippen LogP contribution in [0.3, 0.4) is 0 Å². The fraction of sp³-hybridized carbons (Fsp3) is 0.688. The van der Waals surface area contributed by atoms with Gasteiger partial charge in [-0.25, -0.2) is 0 Å². The average Bonchev–Trinajstić information content (AvgIpc) is 2.98. The molecule has 2 rings (SSSR count). The average molecular weight is 294 g/mol. The molecule has 0 aromatic carbocycles. The van der Waals surface area contributed by atoms with Crippen LogP contribution in [0, 0.1) is 5.92 Å². The molecule has 5 nitrogen and oxygen atoms in total. The second kappa shape index (κ2) is 8.20. The smallest absolute Gasteiger partial charge is 0.307 e. The van der Waals surface area contributed by atoms with E-state index in [9.17, 15) is 4.79 Å². The summed E-state index contributed by atoms with van der Waals surface area (Å²) < 4.78 is 5.40. The van der Waals surface area contributed by atoms with Gasteiger partial charge in [0, 0.05) is 19.6 Å². The number of nitrogens with zero attached hydrogens (tertiary/aromatic N) is 2. The number of hydrogen-bond donors (Lipinski definition) is 1. The van der Waals surface area contributed by atoms with Crippen molar-refractivity contribution in [1.82, 2.24) is 9.80 Å². The van der Waals surface area contributed by atoms with Crippen molar-refractivity contribution in [3.63, 3.8) is 0 Å². The molecule has 118 valence electrons. The lowest BCUT2D eigenvalue weighted by Gasteiger charge is -2.30. The van der Waals surface area contributed by atoms with Gasteiger partial charge in [-0.3, -0.25) is 9.69 Å². The van der Waals surface area contributed by atoms with Gasteiger partial charge in [-0.15, -0.1) is 0 Å². The van der Waals surface area contributed by atoms with E-state index in [0.717, 1.165) is 18.8 Å². The zero-order valence-electron chi connectivity index (χ0n) is 12.8. The van der Waals surface area contributed by atoms with Gasteiger partial charge in [0.25, 0.3) is 0 Å². The summed E-state index contributed by atoms with van der Waals surface area (Å²) in [6.45, 7) is 7.23. The zero-order chi connectivity index (χ0) is 15.1. The Bertz CT molecular complexity index is 413. The molecule has 1 aromatic heterocycles. The summed E-state index contributed by atoms with van der Waals surface area (Å²) in [7, 11) is 0. The van der Waals surface area contributed by atoms with Crippen molar-refractivity contribution in [2.45, 2.75) is 32.7 Å². The van der Waals surface area contributed by atoms with E-state index in [1.807, 2.05) is 12.1 Å². The van der Waals surface area contributed by atoms with Crippen LogP contribution in [0.1, 0.15) is 31.9 Å². The van der Waals surface area contributed by atoms with Crippen LogP contribution in [0.4, 0.5) is 0 Å². The summed E-state index contributed by atoms with van der Waals surface area (Å²) in [5.74, 6) is -0.204. The first kappa shape index (κ1) is 16.0. The number of likely N-dealkylation sites (tertiary alicyclic amines) is 1. The molecule has 1 atom stereocenters. The molecule has 0 spiro atoms. The SMILES string of the molecule is CC(CN(CCN1CCCCC1)Cc1ccco1)C(=O)O. The van der Waals surface area contributed by atoms with E-state index in [1.165, 1.54) is 32.4 Å². The minimum absolute atomic E-state index is 0.360. The third-order valence-electron chi connectivity index (χ3n) is 4.09. The number of piperidine rings is 1. The third-order valence-corrected chi connectivity index (χ3v) is 4.09. The monoisotopic (exact) mass is 294 g/mol. The first-order chi connectivity index (χ1) is 10.1. The van der Waals surface area contributed by atoms with Crippen molar-refractivity contribution in [3.05, 3.63) is 24.2 Å². The lowest BCUT2D eigenvalue weighted by Crippen LogP contribution is -2.40. The Morgan fingerprint density at radius 2 is 2.19 bits per heavy atom. The minimum Gasteiger partial charge on any atom is -0.481 e. The number of carboxylic acids is 1. The van der Waals surface area contributed by atoms with Crippen molar-refractivity contribution in [1.29, 1.82) is 0 Å². The topological polar surface area (TPSA) is 56.9 Å². The number of aliphatic carboxylic acids is 1. The number of rotatable bonds is 8. The Morgan fingerprint density at radius 3 is 2.81 bits per heavy atom. The third kappa shape index (κ3) is 5.52. The van der Waals surface area contributed by atoms with Crippen LogP contribution in [-0.4, -0.2) is 53.6 Å². The van der Waals surface area contributed by atoms with Crippen molar-refractivity contribution >= 4 is 5.97 Å². The molecule has 0 aliphatic carbocycles. The summed E-state index contributed by atoms with van der Waals surface area (Å²) in [6.07, 6.45) is 5.56. The number of furan rings is 1. The molecule has 0 bridgehead atoms. The van der Waals surface area contributed by atoms with Crippen LogP contribution in [0.15, 0.2) is 22.8 Å². The second-order valence-electron chi connectivity index (χ2n) is 5.96. The summed E-state index contributed by atoms with van der Waals surface area (Å²) in [6, 6.07) is 3.82. The van der Waals surface area contributed by atoms with Crippen LogP contribution >= 0.6 is 0 Å². The van der Waals surface area contributed by atoms with E-state index in [0.29, 0.717) is 13.1 Å². The largest absolute Gasteiger partial charge is 0.481 e. The van der Waals surface area contributed by atoms with Crippen LogP contribution < -0.4 is 0 Å². The molecule has 21 heavy (non-hydrogen) atoms. The van der Waals surface area contributed by atoms with Crippen LogP contribution in [0.25, 0.3) is 0 Å². The second-order valence-corrected chi connectivity index (χ2v) is 5.96. The van der Waals surface area contributed by atoms with Crippen LogP contribution in [0.5, 0.6) is 0 Å². The maximum Gasteiger partial charge on any atom is 0.307 e. The van der Waals surface area contributed by atoms with Gasteiger partial charge in [-0.05, 0) is 38.1 Å². The molecule has 1 unspecified atom stereocenters. The highest BCUT2D eigenvalue weighted by atomic mass is 16.4. The van der Waals surface area contributed by atoms with Gasteiger partial charge in [0.2, 0.25) is 0 Å². The van der Waals surface area contributed by atoms with Gasteiger partial charge in [0.15, 0.2) is 0 Å². The maximum absolute atomic E-state index is 11.1. The van der Waals surface area contributed by atoms with Gasteiger partial charge in [-0.2, -0.15) is 0 Å². The molecule has 1 saturated heterocycles. The molecule has 0 saturated carbocycles. The quantitative estimate of drug-likeness (QED) is 0.797. The van der Waals surface area contributed by atoms with Crippen molar-refractivity contribution in [2.24, 2.45) is 5.92 Å². The van der Waals surface area contributed by atoms with E-state index in [1.54, 1.807) is 13.2 Å². The summed E-state index contributed by atoms with van der Waals surface area (Å²) in [4.78, 5) is 15.7. The summed E-state index contributed by atoms with van der Waals surface area (Å²) in [5, 5.41) is 9.11. The molecule has 1 aromatic rings. The normalized spacial score (nSPS) is 18.0. The highest BCUT2D eigenvalue weighted by molar-refractivity contribution is 5.69. The number of hydrogen-bond acceptors (Lipinski definition) is 4. The Morgan fingerprint density at radius 1 is 1.43 bits per heavy atom. The van der Waals surface area contributed by atoms with Gasteiger partial charge >= 0.3 is 5.97 Å². The molecule has 1 fully saturated rings. The van der Waals surface area contributed by atoms with Gasteiger partial charge in [0.05, 0.1) is 18.7 Å². The van der Waals surface area contributed by atoms with Crippen molar-refractivity contribution in [2.75, 3.05) is 32.7 Å². The standard InChI is InChI=1S/C16H26N2O3/c1-14(16(19)20)12-18(13-15-6-5-11-21-15)10-9-17-7-3-2-4-8-17/h5-6,11,14H,2-4,7-10,12-13H2,1H3,(H,19,20). The van der Waals surface area contributed by atoms with Crippen LogP contribution in [-0.2, 0) is 11.3 Å². The highest BCUT2D eigenvalue weighted by Crippen LogP contribution is 2.11. The Labute approximate surface area is 126 Å². The summed E-state index contributed by atoms with van der Waals surface area (Å²) >= 11 is 0. The lowest BCUT2D eigenvalue weighted by atomic mass is 10.1. The van der Waals surface area contributed by atoms with Gasteiger partial charge < -0.3 is 14.4 Å². The zero-order valence-corrected chi connectivity index (χ0v) is 12.8. The van der Waals surface area contributed by atoms with E-state index in [4.69, 9.17) is 9.52 Å². The number of carboxylic acid groups (broad SMARTS) is 1. The fourth-order valence-electron chi connectivity index (χ4n) is 2.79. The lowest BCUT2D eigenvalue weighted by molar-refractivity contribution is -0.141. The van der Waals surface area contributed by atoms with Crippen molar-refractivity contribution in [3.8, 4) is 0 Å². The predicted molar refractivity (Wildman–Crippen MR) is 81.1 cm³/mol. The minimum atomic E-state index is -0.739. The molecule has 5 heteroatoms. The first-order valence-electron chi connectivity index (χ1n) is 7.85. The molecule has 1 aliphatic rings. The Kier molecular flexibility index (Phi) is 6.26. The van der Waals surface area contributed by atoms with Gasteiger partial charge in [0.1, 0.15) is 5.76 Å². The van der Waals surface area contributed by atoms with Crippen LogP contribution in [0.2, 0.25) is 0 Å². The molecular formula is C16H26N2O3.